The number of hydrogen-bond donors (Lipinski definition) is 2. The Morgan fingerprint density at radius 2 is 2.15 bits per heavy atom. The van der Waals surface area contributed by atoms with Crippen LogP contribution in [0.5, 0.6) is 0 Å². The number of benzene rings is 1. The molecule has 1 heterocycles. The van der Waals surface area contributed by atoms with E-state index in [1.807, 2.05) is 6.92 Å². The molecule has 0 aromatic heterocycles. The Kier molecular flexibility index (Phi) is 3.89. The Labute approximate surface area is 114 Å². The Morgan fingerprint density at radius 3 is 2.65 bits per heavy atom. The summed E-state index contributed by atoms with van der Waals surface area (Å²) in [4.78, 5) is 11.9. The van der Waals surface area contributed by atoms with E-state index in [9.17, 15) is 18.0 Å². The topological polar surface area (TPSA) is 64.3 Å². The van der Waals surface area contributed by atoms with Crippen molar-refractivity contribution in [3.63, 3.8) is 0 Å². The van der Waals surface area contributed by atoms with E-state index in [-0.39, 0.29) is 23.2 Å². The average molecular weight is 288 g/mol. The molecule has 2 atom stereocenters. The molecule has 1 aromatic carbocycles. The first-order valence-electron chi connectivity index (χ1n) is 6.18. The van der Waals surface area contributed by atoms with E-state index < -0.39 is 17.8 Å². The van der Waals surface area contributed by atoms with E-state index in [4.69, 9.17) is 10.5 Å². The van der Waals surface area contributed by atoms with Gasteiger partial charge in [0.15, 0.2) is 0 Å². The van der Waals surface area contributed by atoms with Crippen LogP contribution in [0.2, 0.25) is 0 Å². The fourth-order valence-electron chi connectivity index (χ4n) is 2.09. The summed E-state index contributed by atoms with van der Waals surface area (Å²) in [6, 6.07) is 2.83. The van der Waals surface area contributed by atoms with E-state index in [0.29, 0.717) is 6.61 Å². The van der Waals surface area contributed by atoms with Crippen LogP contribution >= 0.6 is 0 Å². The van der Waals surface area contributed by atoms with Crippen molar-refractivity contribution >= 4 is 17.3 Å². The second-order valence-corrected chi connectivity index (χ2v) is 4.85. The van der Waals surface area contributed by atoms with Gasteiger partial charge in [-0.05, 0) is 30.5 Å². The predicted molar refractivity (Wildman–Crippen MR) is 68.0 cm³/mol. The first-order chi connectivity index (χ1) is 9.29. The molecular weight excluding hydrogens is 273 g/mol. The number of anilines is 2. The number of carbonyl (C=O) groups is 1. The number of hydrogen-bond acceptors (Lipinski definition) is 3. The monoisotopic (exact) mass is 288 g/mol. The minimum atomic E-state index is -4.46. The fraction of sp³-hybridized carbons (Fsp3) is 0.462. The maximum Gasteiger partial charge on any atom is 0.416 e. The smallest absolute Gasteiger partial charge is 0.397 e. The van der Waals surface area contributed by atoms with Gasteiger partial charge in [0.2, 0.25) is 0 Å². The molecule has 1 saturated heterocycles. The molecule has 110 valence electrons. The summed E-state index contributed by atoms with van der Waals surface area (Å²) in [6.45, 7) is 2.38. The second kappa shape index (κ2) is 5.32. The molecule has 0 aliphatic carbocycles. The van der Waals surface area contributed by atoms with Gasteiger partial charge in [0.05, 0.1) is 16.9 Å². The largest absolute Gasteiger partial charge is 0.416 e. The number of alkyl halides is 3. The molecule has 0 radical (unpaired) electrons. The van der Waals surface area contributed by atoms with Crippen LogP contribution in [-0.2, 0) is 15.7 Å². The number of ether oxygens (including phenoxy) is 1. The van der Waals surface area contributed by atoms with Crippen LogP contribution in [0.1, 0.15) is 18.9 Å². The van der Waals surface area contributed by atoms with Gasteiger partial charge in [-0.2, -0.15) is 13.2 Å². The number of nitrogens with two attached hydrogens (primary N) is 1. The zero-order chi connectivity index (χ0) is 14.9. The quantitative estimate of drug-likeness (QED) is 0.822. The third-order valence-electron chi connectivity index (χ3n) is 3.28. The van der Waals surface area contributed by atoms with Crippen molar-refractivity contribution in [3.8, 4) is 0 Å². The van der Waals surface area contributed by atoms with E-state index in [1.165, 1.54) is 0 Å². The number of rotatable bonds is 2. The van der Waals surface area contributed by atoms with Crippen LogP contribution in [0.3, 0.4) is 0 Å². The molecule has 2 rings (SSSR count). The maximum atomic E-state index is 12.5. The van der Waals surface area contributed by atoms with Crippen molar-refractivity contribution in [2.24, 2.45) is 5.92 Å². The van der Waals surface area contributed by atoms with Gasteiger partial charge in [0.25, 0.3) is 5.91 Å². The lowest BCUT2D eigenvalue weighted by molar-refractivity contribution is -0.137. The summed E-state index contributed by atoms with van der Waals surface area (Å²) in [5.74, 6) is -0.313. The van der Waals surface area contributed by atoms with Crippen molar-refractivity contribution in [2.75, 3.05) is 17.7 Å². The second-order valence-electron chi connectivity index (χ2n) is 4.85. The zero-order valence-electron chi connectivity index (χ0n) is 10.8. The first kappa shape index (κ1) is 14.6. The minimum Gasteiger partial charge on any atom is -0.397 e. The molecule has 1 aromatic rings. The van der Waals surface area contributed by atoms with E-state index >= 15 is 0 Å². The van der Waals surface area contributed by atoms with Gasteiger partial charge in [-0.25, -0.2) is 0 Å². The molecule has 1 amide bonds. The Balaban J connectivity index is 2.12. The van der Waals surface area contributed by atoms with Crippen molar-refractivity contribution < 1.29 is 22.7 Å². The summed E-state index contributed by atoms with van der Waals surface area (Å²) in [5, 5.41) is 2.50. The molecule has 0 bridgehead atoms. The van der Waals surface area contributed by atoms with Crippen molar-refractivity contribution in [1.82, 2.24) is 0 Å². The highest BCUT2D eigenvalue weighted by molar-refractivity contribution is 5.97. The fourth-order valence-corrected chi connectivity index (χ4v) is 2.09. The van der Waals surface area contributed by atoms with Crippen LogP contribution in [0, 0.1) is 5.92 Å². The lowest BCUT2D eigenvalue weighted by Gasteiger charge is -2.16. The molecule has 20 heavy (non-hydrogen) atoms. The van der Waals surface area contributed by atoms with Gasteiger partial charge < -0.3 is 15.8 Å². The average Bonchev–Trinajstić information content (AvgIpc) is 2.76. The number of carbonyl (C=O) groups excluding carboxylic acids is 1. The lowest BCUT2D eigenvalue weighted by Crippen LogP contribution is -2.31. The van der Waals surface area contributed by atoms with Gasteiger partial charge in [0, 0.05) is 6.61 Å². The molecule has 1 aliphatic rings. The van der Waals surface area contributed by atoms with Crippen molar-refractivity contribution in [2.45, 2.75) is 25.6 Å². The summed E-state index contributed by atoms with van der Waals surface area (Å²) in [5.41, 5.74) is 4.73. The summed E-state index contributed by atoms with van der Waals surface area (Å²) < 4.78 is 42.8. The van der Waals surface area contributed by atoms with Gasteiger partial charge >= 0.3 is 6.18 Å². The van der Waals surface area contributed by atoms with Crippen LogP contribution in [-0.4, -0.2) is 18.6 Å². The normalized spacial score (nSPS) is 22.8. The van der Waals surface area contributed by atoms with Gasteiger partial charge in [-0.1, -0.05) is 6.92 Å². The van der Waals surface area contributed by atoms with E-state index in [1.54, 1.807) is 0 Å². The molecular formula is C13H15F3N2O2. The Bertz CT molecular complexity index is 517. The molecule has 7 heteroatoms. The molecule has 1 fully saturated rings. The Hall–Kier alpha value is -1.76. The standard InChI is InChI=1S/C13H15F3N2O2/c1-7-4-5-20-11(7)12(19)18-10-3-2-8(6-9(10)17)13(14,15)16/h2-3,6-7,11H,4-5,17H2,1H3,(H,18,19). The van der Waals surface area contributed by atoms with Crippen LogP contribution < -0.4 is 11.1 Å². The third kappa shape index (κ3) is 3.04. The summed E-state index contributed by atoms with van der Waals surface area (Å²) in [7, 11) is 0. The highest BCUT2D eigenvalue weighted by atomic mass is 19.4. The molecule has 1 aliphatic heterocycles. The number of nitrogen functional groups attached to an aromatic ring is 1. The van der Waals surface area contributed by atoms with Crippen molar-refractivity contribution in [3.05, 3.63) is 23.8 Å². The van der Waals surface area contributed by atoms with Gasteiger partial charge in [-0.3, -0.25) is 4.79 Å². The third-order valence-corrected chi connectivity index (χ3v) is 3.28. The maximum absolute atomic E-state index is 12.5. The SMILES string of the molecule is CC1CCOC1C(=O)Nc1ccc(C(F)(F)F)cc1N. The van der Waals surface area contributed by atoms with Crippen molar-refractivity contribution in [1.29, 1.82) is 0 Å². The molecule has 0 saturated carbocycles. The van der Waals surface area contributed by atoms with Gasteiger partial charge in [0.1, 0.15) is 6.10 Å². The highest BCUT2D eigenvalue weighted by Crippen LogP contribution is 2.33. The highest BCUT2D eigenvalue weighted by Gasteiger charge is 2.33. The number of nitrogens with one attached hydrogen (secondary N) is 1. The van der Waals surface area contributed by atoms with Gasteiger partial charge in [-0.15, -0.1) is 0 Å². The molecule has 4 nitrogen and oxygen atoms in total. The first-order valence-corrected chi connectivity index (χ1v) is 6.18. The Morgan fingerprint density at radius 1 is 1.45 bits per heavy atom. The van der Waals surface area contributed by atoms with Crippen LogP contribution in [0.15, 0.2) is 18.2 Å². The summed E-state index contributed by atoms with van der Waals surface area (Å²) in [6.07, 6.45) is -4.27. The molecule has 3 N–H and O–H groups in total. The predicted octanol–water partition coefficient (Wildman–Crippen LogP) is 2.65. The van der Waals surface area contributed by atoms with Crippen LogP contribution in [0.4, 0.5) is 24.5 Å². The number of halogens is 3. The van der Waals surface area contributed by atoms with E-state index in [0.717, 1.165) is 24.6 Å². The van der Waals surface area contributed by atoms with E-state index in [2.05, 4.69) is 5.32 Å². The summed E-state index contributed by atoms with van der Waals surface area (Å²) >= 11 is 0. The molecule has 2 unspecified atom stereocenters. The lowest BCUT2D eigenvalue weighted by atomic mass is 10.0. The number of amides is 1. The van der Waals surface area contributed by atoms with Crippen LogP contribution in [0.25, 0.3) is 0 Å². The minimum absolute atomic E-state index is 0.0747. The molecule has 0 spiro atoms. The zero-order valence-corrected chi connectivity index (χ0v) is 10.8.